The fourth-order valence-electron chi connectivity index (χ4n) is 4.17. The third-order valence-corrected chi connectivity index (χ3v) is 5.46. The number of hydrogen-bond donors (Lipinski definition) is 1. The summed E-state index contributed by atoms with van der Waals surface area (Å²) in [5.74, 6) is 0. The first-order chi connectivity index (χ1) is 11.7. The zero-order chi connectivity index (χ0) is 16.6. The summed E-state index contributed by atoms with van der Waals surface area (Å²) in [4.78, 5) is 16.8. The van der Waals surface area contributed by atoms with E-state index >= 15 is 0 Å². The van der Waals surface area contributed by atoms with Crippen LogP contribution in [0.15, 0.2) is 54.6 Å². The van der Waals surface area contributed by atoms with Gasteiger partial charge in [0.25, 0.3) is 0 Å². The summed E-state index contributed by atoms with van der Waals surface area (Å²) in [6, 6.07) is 18.4. The van der Waals surface area contributed by atoms with Crippen LogP contribution in [0.25, 0.3) is 0 Å². The minimum absolute atomic E-state index is 0.00990. The molecule has 1 saturated heterocycles. The predicted molar refractivity (Wildman–Crippen MR) is 97.7 cm³/mol. The van der Waals surface area contributed by atoms with Gasteiger partial charge < -0.3 is 15.1 Å². The second-order valence-electron chi connectivity index (χ2n) is 6.94. The Labute approximate surface area is 143 Å². The second kappa shape index (κ2) is 5.86. The number of para-hydroxylation sites is 2. The number of fused-ring (bicyclic) bond motifs is 2. The van der Waals surface area contributed by atoms with Crippen molar-refractivity contribution in [1.29, 1.82) is 0 Å². The van der Waals surface area contributed by atoms with Gasteiger partial charge in [0.15, 0.2) is 0 Å². The SMILES string of the molecule is CN1CC2(CCN(C(=O)Nc3ccccc3)CC2)c2ccccc21. The van der Waals surface area contributed by atoms with Crippen LogP contribution in [0.1, 0.15) is 18.4 Å². The van der Waals surface area contributed by atoms with Crippen molar-refractivity contribution in [3.05, 3.63) is 60.2 Å². The van der Waals surface area contributed by atoms with E-state index in [4.69, 9.17) is 0 Å². The molecular formula is C20H23N3O. The summed E-state index contributed by atoms with van der Waals surface area (Å²) in [6.07, 6.45) is 2.05. The number of amides is 2. The molecule has 0 bridgehead atoms. The maximum Gasteiger partial charge on any atom is 0.321 e. The summed E-state index contributed by atoms with van der Waals surface area (Å²) in [5, 5.41) is 3.00. The number of rotatable bonds is 1. The van der Waals surface area contributed by atoms with Crippen LogP contribution in [-0.2, 0) is 5.41 Å². The molecule has 2 aromatic rings. The lowest BCUT2D eigenvalue weighted by molar-refractivity contribution is 0.173. The van der Waals surface area contributed by atoms with Crippen LogP contribution in [-0.4, -0.2) is 37.6 Å². The van der Waals surface area contributed by atoms with Gasteiger partial charge in [0.05, 0.1) is 0 Å². The average molecular weight is 321 g/mol. The Hall–Kier alpha value is -2.49. The molecule has 4 nitrogen and oxygen atoms in total. The number of carbonyl (C=O) groups excluding carboxylic acids is 1. The molecule has 0 unspecified atom stereocenters. The van der Waals surface area contributed by atoms with Crippen LogP contribution in [0.2, 0.25) is 0 Å². The molecule has 2 heterocycles. The summed E-state index contributed by atoms with van der Waals surface area (Å²) >= 11 is 0. The number of likely N-dealkylation sites (N-methyl/N-ethyl adjacent to an activating group) is 1. The highest BCUT2D eigenvalue weighted by molar-refractivity contribution is 5.89. The van der Waals surface area contributed by atoms with E-state index in [0.717, 1.165) is 38.2 Å². The Bertz CT molecular complexity index is 736. The number of anilines is 2. The normalized spacial score (nSPS) is 18.5. The maximum absolute atomic E-state index is 12.5. The van der Waals surface area contributed by atoms with Gasteiger partial charge in [-0.25, -0.2) is 4.79 Å². The molecule has 2 aliphatic heterocycles. The van der Waals surface area contributed by atoms with Crippen molar-refractivity contribution < 1.29 is 4.79 Å². The molecule has 1 N–H and O–H groups in total. The third-order valence-electron chi connectivity index (χ3n) is 5.46. The van der Waals surface area contributed by atoms with Crippen LogP contribution in [0.3, 0.4) is 0 Å². The lowest BCUT2D eigenvalue weighted by atomic mass is 9.74. The van der Waals surface area contributed by atoms with Crippen molar-refractivity contribution in [2.45, 2.75) is 18.3 Å². The molecule has 0 radical (unpaired) electrons. The first kappa shape index (κ1) is 15.1. The highest BCUT2D eigenvalue weighted by Crippen LogP contribution is 2.46. The van der Waals surface area contributed by atoms with Gasteiger partial charge in [-0.3, -0.25) is 0 Å². The number of piperidine rings is 1. The Morgan fingerprint density at radius 2 is 1.67 bits per heavy atom. The Kier molecular flexibility index (Phi) is 3.68. The number of carbonyl (C=O) groups is 1. The summed E-state index contributed by atoms with van der Waals surface area (Å²) in [5.41, 5.74) is 3.86. The van der Waals surface area contributed by atoms with Gasteiger partial charge in [0.1, 0.15) is 0 Å². The molecule has 0 saturated carbocycles. The smallest absolute Gasteiger partial charge is 0.321 e. The van der Waals surface area contributed by atoms with E-state index in [9.17, 15) is 4.79 Å². The first-order valence-electron chi connectivity index (χ1n) is 8.60. The van der Waals surface area contributed by atoms with E-state index in [2.05, 4.69) is 41.5 Å². The quantitative estimate of drug-likeness (QED) is 0.869. The van der Waals surface area contributed by atoms with E-state index in [-0.39, 0.29) is 11.4 Å². The maximum atomic E-state index is 12.5. The first-order valence-corrected chi connectivity index (χ1v) is 8.60. The van der Waals surface area contributed by atoms with Crippen LogP contribution >= 0.6 is 0 Å². The summed E-state index contributed by atoms with van der Waals surface area (Å²) < 4.78 is 0. The van der Waals surface area contributed by atoms with Crippen molar-refractivity contribution in [2.75, 3.05) is 36.9 Å². The van der Waals surface area contributed by atoms with E-state index in [1.54, 1.807) is 0 Å². The van der Waals surface area contributed by atoms with Gasteiger partial charge >= 0.3 is 6.03 Å². The van der Waals surface area contributed by atoms with E-state index in [1.807, 2.05) is 35.2 Å². The van der Waals surface area contributed by atoms with Gasteiger partial charge in [-0.1, -0.05) is 36.4 Å². The molecular weight excluding hydrogens is 298 g/mol. The highest BCUT2D eigenvalue weighted by Gasteiger charge is 2.44. The molecule has 2 aromatic carbocycles. The third kappa shape index (κ3) is 2.52. The van der Waals surface area contributed by atoms with Crippen LogP contribution < -0.4 is 10.2 Å². The molecule has 0 aliphatic carbocycles. The molecule has 2 amide bonds. The fourth-order valence-corrected chi connectivity index (χ4v) is 4.17. The average Bonchev–Trinajstić information content (AvgIpc) is 2.89. The highest BCUT2D eigenvalue weighted by atomic mass is 16.2. The van der Waals surface area contributed by atoms with Crippen LogP contribution in [0, 0.1) is 0 Å². The van der Waals surface area contributed by atoms with E-state index in [0.29, 0.717) is 0 Å². The topological polar surface area (TPSA) is 35.6 Å². The molecule has 0 aromatic heterocycles. The summed E-state index contributed by atoms with van der Waals surface area (Å²) in [6.45, 7) is 2.67. The van der Waals surface area contributed by atoms with Crippen molar-refractivity contribution >= 4 is 17.4 Å². The molecule has 1 spiro atoms. The molecule has 4 rings (SSSR count). The monoisotopic (exact) mass is 321 g/mol. The van der Waals surface area contributed by atoms with Crippen molar-refractivity contribution in [1.82, 2.24) is 4.90 Å². The zero-order valence-electron chi connectivity index (χ0n) is 14.0. The standard InChI is InChI=1S/C20H23N3O/c1-22-15-20(17-9-5-6-10-18(17)22)11-13-23(14-12-20)19(24)21-16-7-3-2-4-8-16/h2-10H,11-15H2,1H3,(H,21,24). The minimum atomic E-state index is 0.00990. The minimum Gasteiger partial charge on any atom is -0.373 e. The predicted octanol–water partition coefficient (Wildman–Crippen LogP) is 3.70. The van der Waals surface area contributed by atoms with E-state index < -0.39 is 0 Å². The second-order valence-corrected chi connectivity index (χ2v) is 6.94. The Balaban J connectivity index is 1.45. The lowest BCUT2D eigenvalue weighted by Crippen LogP contribution is -2.48. The number of hydrogen-bond acceptors (Lipinski definition) is 2. The Morgan fingerprint density at radius 1 is 1.00 bits per heavy atom. The molecule has 2 aliphatic rings. The van der Waals surface area contributed by atoms with Gasteiger partial charge in [0, 0.05) is 43.5 Å². The number of benzene rings is 2. The summed E-state index contributed by atoms with van der Waals surface area (Å²) in [7, 11) is 2.17. The molecule has 24 heavy (non-hydrogen) atoms. The number of nitrogens with one attached hydrogen (secondary N) is 1. The van der Waals surface area contributed by atoms with Crippen molar-refractivity contribution in [3.63, 3.8) is 0 Å². The van der Waals surface area contributed by atoms with Crippen LogP contribution in [0.4, 0.5) is 16.2 Å². The molecule has 4 heteroatoms. The Morgan fingerprint density at radius 3 is 2.42 bits per heavy atom. The van der Waals surface area contributed by atoms with Gasteiger partial charge in [-0.2, -0.15) is 0 Å². The van der Waals surface area contributed by atoms with Crippen molar-refractivity contribution in [2.24, 2.45) is 0 Å². The van der Waals surface area contributed by atoms with Gasteiger partial charge in [-0.15, -0.1) is 0 Å². The van der Waals surface area contributed by atoms with Gasteiger partial charge in [-0.05, 0) is 36.6 Å². The number of likely N-dealkylation sites (tertiary alicyclic amines) is 1. The number of urea groups is 1. The fraction of sp³-hybridized carbons (Fsp3) is 0.350. The van der Waals surface area contributed by atoms with E-state index in [1.165, 1.54) is 11.3 Å². The van der Waals surface area contributed by atoms with Crippen molar-refractivity contribution in [3.8, 4) is 0 Å². The zero-order valence-corrected chi connectivity index (χ0v) is 14.0. The molecule has 1 fully saturated rings. The molecule has 0 atom stereocenters. The molecule has 124 valence electrons. The number of nitrogens with zero attached hydrogens (tertiary/aromatic N) is 2. The lowest BCUT2D eigenvalue weighted by Gasteiger charge is -2.39. The largest absolute Gasteiger partial charge is 0.373 e. The van der Waals surface area contributed by atoms with Crippen LogP contribution in [0.5, 0.6) is 0 Å². The van der Waals surface area contributed by atoms with Gasteiger partial charge in [0.2, 0.25) is 0 Å².